The van der Waals surface area contributed by atoms with Gasteiger partial charge in [-0.15, -0.1) is 0 Å². The fourth-order valence-corrected chi connectivity index (χ4v) is 1.76. The summed E-state index contributed by atoms with van der Waals surface area (Å²) in [6.45, 7) is 3.86. The predicted octanol–water partition coefficient (Wildman–Crippen LogP) is 3.13. The molecule has 0 saturated heterocycles. The molecule has 0 aliphatic heterocycles. The number of benzene rings is 1. The van der Waals surface area contributed by atoms with Crippen LogP contribution in [-0.4, -0.2) is 24.2 Å². The minimum absolute atomic E-state index is 0.00926. The average Bonchev–Trinajstić information content (AvgIpc) is 2.20. The molecule has 0 aromatic heterocycles. The molecule has 0 saturated carbocycles. The first-order chi connectivity index (χ1) is 7.36. The summed E-state index contributed by atoms with van der Waals surface area (Å²) in [5, 5.41) is 8.82. The summed E-state index contributed by atoms with van der Waals surface area (Å²) < 4.78 is 13.9. The Kier molecular flexibility index (Phi) is 3.91. The lowest BCUT2D eigenvalue weighted by atomic mass is 10.1. The van der Waals surface area contributed by atoms with E-state index in [2.05, 4.69) is 15.9 Å². The largest absolute Gasteiger partial charge is 0.478 e. The summed E-state index contributed by atoms with van der Waals surface area (Å²) in [7, 11) is 1.76. The van der Waals surface area contributed by atoms with E-state index in [-0.39, 0.29) is 16.1 Å². The van der Waals surface area contributed by atoms with Gasteiger partial charge in [0.1, 0.15) is 0 Å². The zero-order chi connectivity index (χ0) is 12.5. The fraction of sp³-hybridized carbons (Fsp3) is 0.364. The quantitative estimate of drug-likeness (QED) is 0.929. The minimum atomic E-state index is -1.15. The smallest absolute Gasteiger partial charge is 0.336 e. The van der Waals surface area contributed by atoms with Crippen molar-refractivity contribution >= 4 is 27.6 Å². The Balaban J connectivity index is 3.27. The minimum Gasteiger partial charge on any atom is -0.478 e. The first kappa shape index (κ1) is 13.0. The van der Waals surface area contributed by atoms with Crippen LogP contribution in [0.25, 0.3) is 0 Å². The highest BCUT2D eigenvalue weighted by atomic mass is 79.9. The average molecular weight is 290 g/mol. The number of aromatic carboxylic acids is 1. The van der Waals surface area contributed by atoms with Crippen LogP contribution >= 0.6 is 15.9 Å². The third-order valence-electron chi connectivity index (χ3n) is 2.45. The summed E-state index contributed by atoms with van der Waals surface area (Å²) in [6.07, 6.45) is 0. The highest BCUT2D eigenvalue weighted by molar-refractivity contribution is 9.10. The molecule has 0 spiro atoms. The molecule has 0 amide bonds. The number of halogens is 2. The molecular weight excluding hydrogens is 277 g/mol. The molecule has 0 unspecified atom stereocenters. The zero-order valence-electron chi connectivity index (χ0n) is 9.29. The summed E-state index contributed by atoms with van der Waals surface area (Å²) in [5.41, 5.74) is 0.310. The maximum absolute atomic E-state index is 13.9. The van der Waals surface area contributed by atoms with Gasteiger partial charge >= 0.3 is 5.97 Å². The topological polar surface area (TPSA) is 40.5 Å². The van der Waals surface area contributed by atoms with Crippen LogP contribution in [-0.2, 0) is 0 Å². The summed E-state index contributed by atoms with van der Waals surface area (Å²) in [5.74, 6) is -1.69. The van der Waals surface area contributed by atoms with Crippen LogP contribution in [0.1, 0.15) is 24.2 Å². The standard InChI is InChI=1S/C11H13BrFNO2/c1-6(2)14(3)8-5-4-7(11(15)16)9(12)10(8)13/h4-6H,1-3H3,(H,15,16). The molecule has 1 N–H and O–H groups in total. The molecule has 0 radical (unpaired) electrons. The molecule has 88 valence electrons. The number of carbonyl (C=O) groups is 1. The van der Waals surface area contributed by atoms with Crippen LogP contribution < -0.4 is 4.90 Å². The number of hydrogen-bond donors (Lipinski definition) is 1. The van der Waals surface area contributed by atoms with Gasteiger partial charge < -0.3 is 10.0 Å². The molecule has 16 heavy (non-hydrogen) atoms. The number of hydrogen-bond acceptors (Lipinski definition) is 2. The van der Waals surface area contributed by atoms with E-state index in [1.807, 2.05) is 13.8 Å². The van der Waals surface area contributed by atoms with Gasteiger partial charge in [0, 0.05) is 13.1 Å². The van der Waals surface area contributed by atoms with Gasteiger partial charge in [0.15, 0.2) is 5.82 Å². The van der Waals surface area contributed by atoms with Gasteiger partial charge in [-0.2, -0.15) is 0 Å². The number of carboxylic acid groups (broad SMARTS) is 1. The first-order valence-electron chi connectivity index (χ1n) is 4.80. The molecule has 0 atom stereocenters. The normalized spacial score (nSPS) is 10.6. The molecule has 1 aromatic carbocycles. The molecule has 0 fully saturated rings. The molecule has 1 aromatic rings. The van der Waals surface area contributed by atoms with Gasteiger partial charge in [-0.05, 0) is 41.9 Å². The molecule has 0 aliphatic carbocycles. The highest BCUT2D eigenvalue weighted by Crippen LogP contribution is 2.29. The van der Waals surface area contributed by atoms with Gasteiger partial charge in [-0.25, -0.2) is 9.18 Å². The van der Waals surface area contributed by atoms with Crippen molar-refractivity contribution in [3.63, 3.8) is 0 Å². The van der Waals surface area contributed by atoms with Crippen molar-refractivity contribution < 1.29 is 14.3 Å². The van der Waals surface area contributed by atoms with Crippen LogP contribution in [0.2, 0.25) is 0 Å². The van der Waals surface area contributed by atoms with E-state index < -0.39 is 11.8 Å². The van der Waals surface area contributed by atoms with Gasteiger partial charge in [0.25, 0.3) is 0 Å². The number of anilines is 1. The van der Waals surface area contributed by atoms with Gasteiger partial charge in [-0.1, -0.05) is 0 Å². The van der Waals surface area contributed by atoms with Crippen molar-refractivity contribution in [3.8, 4) is 0 Å². The van der Waals surface area contributed by atoms with Gasteiger partial charge in [0.05, 0.1) is 15.7 Å². The van der Waals surface area contributed by atoms with Gasteiger partial charge in [0.2, 0.25) is 0 Å². The number of rotatable bonds is 3. The molecule has 0 heterocycles. The highest BCUT2D eigenvalue weighted by Gasteiger charge is 2.18. The molecule has 5 heteroatoms. The number of nitrogens with zero attached hydrogens (tertiary/aromatic N) is 1. The van der Waals surface area contributed by atoms with E-state index in [1.54, 1.807) is 11.9 Å². The SMILES string of the molecule is CC(C)N(C)c1ccc(C(=O)O)c(Br)c1F. The van der Waals surface area contributed by atoms with Crippen molar-refractivity contribution in [2.24, 2.45) is 0 Å². The van der Waals surface area contributed by atoms with E-state index in [0.717, 1.165) is 0 Å². The lowest BCUT2D eigenvalue weighted by Gasteiger charge is -2.24. The Morgan fingerprint density at radius 1 is 1.50 bits per heavy atom. The first-order valence-corrected chi connectivity index (χ1v) is 5.59. The van der Waals surface area contributed by atoms with Crippen LogP contribution in [0, 0.1) is 5.82 Å². The van der Waals surface area contributed by atoms with Crippen molar-refractivity contribution in [1.82, 2.24) is 0 Å². The second kappa shape index (κ2) is 4.82. The third kappa shape index (κ3) is 2.35. The number of carboxylic acids is 1. The zero-order valence-corrected chi connectivity index (χ0v) is 10.9. The predicted molar refractivity (Wildman–Crippen MR) is 64.6 cm³/mol. The Morgan fingerprint density at radius 2 is 2.06 bits per heavy atom. The summed E-state index contributed by atoms with van der Waals surface area (Å²) >= 11 is 2.97. The second-order valence-corrected chi connectivity index (χ2v) is 4.56. The van der Waals surface area contributed by atoms with E-state index in [0.29, 0.717) is 5.69 Å². The van der Waals surface area contributed by atoms with E-state index >= 15 is 0 Å². The second-order valence-electron chi connectivity index (χ2n) is 3.77. The monoisotopic (exact) mass is 289 g/mol. The molecule has 0 aliphatic rings. The molecule has 0 bridgehead atoms. The lowest BCUT2D eigenvalue weighted by Crippen LogP contribution is -2.26. The van der Waals surface area contributed by atoms with Crippen LogP contribution in [0.5, 0.6) is 0 Å². The van der Waals surface area contributed by atoms with Crippen LogP contribution in [0.4, 0.5) is 10.1 Å². The van der Waals surface area contributed by atoms with Crippen molar-refractivity contribution in [1.29, 1.82) is 0 Å². The molecule has 1 rings (SSSR count). The maximum atomic E-state index is 13.9. The third-order valence-corrected chi connectivity index (χ3v) is 3.22. The Bertz CT molecular complexity index is 421. The Hall–Kier alpha value is -1.10. The Labute approximate surface area is 102 Å². The van der Waals surface area contributed by atoms with Crippen molar-refractivity contribution in [2.75, 3.05) is 11.9 Å². The van der Waals surface area contributed by atoms with Gasteiger partial charge in [-0.3, -0.25) is 0 Å². The van der Waals surface area contributed by atoms with E-state index in [1.165, 1.54) is 12.1 Å². The molecular formula is C11H13BrFNO2. The summed E-state index contributed by atoms with van der Waals surface area (Å²) in [6, 6.07) is 3.00. The van der Waals surface area contributed by atoms with E-state index in [9.17, 15) is 9.18 Å². The fourth-order valence-electron chi connectivity index (χ4n) is 1.26. The Morgan fingerprint density at radius 3 is 2.50 bits per heavy atom. The van der Waals surface area contributed by atoms with Crippen LogP contribution in [0.15, 0.2) is 16.6 Å². The maximum Gasteiger partial charge on any atom is 0.336 e. The summed E-state index contributed by atoms with van der Waals surface area (Å²) in [4.78, 5) is 12.5. The van der Waals surface area contributed by atoms with E-state index in [4.69, 9.17) is 5.11 Å². The van der Waals surface area contributed by atoms with Crippen LogP contribution in [0.3, 0.4) is 0 Å². The van der Waals surface area contributed by atoms with Crippen molar-refractivity contribution in [2.45, 2.75) is 19.9 Å². The lowest BCUT2D eigenvalue weighted by molar-refractivity contribution is 0.0695. The van der Waals surface area contributed by atoms with Crippen molar-refractivity contribution in [3.05, 3.63) is 28.0 Å². The molecule has 3 nitrogen and oxygen atoms in total.